The van der Waals surface area contributed by atoms with E-state index in [-0.39, 0.29) is 5.78 Å². The van der Waals surface area contributed by atoms with E-state index in [0.717, 1.165) is 17.5 Å². The van der Waals surface area contributed by atoms with Gasteiger partial charge in [-0.25, -0.2) is 0 Å². The van der Waals surface area contributed by atoms with Crippen molar-refractivity contribution in [2.45, 2.75) is 51.8 Å². The second-order valence-electron chi connectivity index (χ2n) is 6.16. The lowest BCUT2D eigenvalue weighted by Crippen LogP contribution is -2.52. The Balaban J connectivity index is 2.30. The molecule has 0 amide bonds. The normalized spacial score (nSPS) is 40.4. The number of Topliss-reactive ketones (excluding diaryl/α,β-unsaturated/α-hetero) is 1. The lowest BCUT2D eigenvalue weighted by molar-refractivity contribution is -0.137. The van der Waals surface area contributed by atoms with Crippen molar-refractivity contribution in [1.29, 1.82) is 0 Å². The van der Waals surface area contributed by atoms with Gasteiger partial charge in [-0.05, 0) is 41.7 Å². The number of hydrogen-bond donors (Lipinski definition) is 0. The SMILES string of the molecule is [2H]C([2H])[C@@]12CCC(=O)C(C)(C)[C@@]1([2H])CCc1ccccc12. The third-order valence-electron chi connectivity index (χ3n) is 4.88. The second kappa shape index (κ2) is 3.69. The third-order valence-corrected chi connectivity index (χ3v) is 4.88. The van der Waals surface area contributed by atoms with E-state index in [1.807, 2.05) is 38.1 Å². The third kappa shape index (κ3) is 1.43. The molecular weight excluding hydrogens is 220 g/mol. The number of rotatable bonds is 0. The number of benzene rings is 1. The first-order chi connectivity index (χ1) is 9.77. The Labute approximate surface area is 114 Å². The molecule has 96 valence electrons. The largest absolute Gasteiger partial charge is 0.299 e. The van der Waals surface area contributed by atoms with Crippen molar-refractivity contribution >= 4 is 5.78 Å². The summed E-state index contributed by atoms with van der Waals surface area (Å²) in [5.74, 6) is -0.967. The summed E-state index contributed by atoms with van der Waals surface area (Å²) in [7, 11) is 0. The standard InChI is InChI=1S/C17H22O/c1-16(2)14-9-8-12-6-4-5-7-13(12)17(14,3)11-10-15(16)18/h4-7,14H,8-11H2,1-3H3/t14-,17+/m1/s1/i3D2,14D. The Kier molecular flexibility index (Phi) is 1.83. The first-order valence-corrected chi connectivity index (χ1v) is 6.73. The summed E-state index contributed by atoms with van der Waals surface area (Å²) in [5, 5.41) is 0. The second-order valence-corrected chi connectivity index (χ2v) is 6.16. The number of carbonyl (C=O) groups is 1. The fourth-order valence-corrected chi connectivity index (χ4v) is 3.77. The highest BCUT2D eigenvalue weighted by atomic mass is 16.1. The van der Waals surface area contributed by atoms with Crippen molar-refractivity contribution < 1.29 is 8.91 Å². The number of hydrogen-bond acceptors (Lipinski definition) is 1. The molecule has 0 heterocycles. The molecule has 1 saturated carbocycles. The van der Waals surface area contributed by atoms with Crippen LogP contribution in [-0.2, 0) is 16.6 Å². The van der Waals surface area contributed by atoms with Gasteiger partial charge < -0.3 is 0 Å². The molecular formula is C17H22O. The number of aryl methyl sites for hydroxylation is 1. The molecule has 1 fully saturated rings. The molecule has 0 radical (unpaired) electrons. The number of carbonyl (C=O) groups excluding carboxylic acids is 1. The fraction of sp³-hybridized carbons (Fsp3) is 0.588. The van der Waals surface area contributed by atoms with Crippen LogP contribution >= 0.6 is 0 Å². The first-order valence-electron chi connectivity index (χ1n) is 8.39. The highest BCUT2D eigenvalue weighted by Gasteiger charge is 2.53. The van der Waals surface area contributed by atoms with Crippen molar-refractivity contribution in [3.05, 3.63) is 35.4 Å². The van der Waals surface area contributed by atoms with Crippen LogP contribution in [0.3, 0.4) is 0 Å². The topological polar surface area (TPSA) is 17.1 Å². The van der Waals surface area contributed by atoms with Gasteiger partial charge in [0.1, 0.15) is 5.78 Å². The van der Waals surface area contributed by atoms with E-state index < -0.39 is 23.6 Å². The van der Waals surface area contributed by atoms with Gasteiger partial charge in [-0.1, -0.05) is 45.0 Å². The van der Waals surface area contributed by atoms with E-state index in [4.69, 9.17) is 4.11 Å². The minimum Gasteiger partial charge on any atom is -0.299 e. The quantitative estimate of drug-likeness (QED) is 0.677. The Morgan fingerprint density at radius 2 is 2.11 bits per heavy atom. The highest BCUT2D eigenvalue weighted by molar-refractivity contribution is 5.86. The molecule has 18 heavy (non-hydrogen) atoms. The maximum absolute atomic E-state index is 12.4. The maximum Gasteiger partial charge on any atom is 0.138 e. The molecule has 1 nitrogen and oxygen atoms in total. The van der Waals surface area contributed by atoms with Crippen LogP contribution in [0.4, 0.5) is 0 Å². The molecule has 3 rings (SSSR count). The summed E-state index contributed by atoms with van der Waals surface area (Å²) in [5.41, 5.74) is 0.440. The van der Waals surface area contributed by atoms with Gasteiger partial charge in [-0.3, -0.25) is 4.79 Å². The summed E-state index contributed by atoms with van der Waals surface area (Å²) in [6, 6.07) is 7.92. The summed E-state index contributed by atoms with van der Waals surface area (Å²) in [6.07, 6.45) is 2.13. The van der Waals surface area contributed by atoms with Crippen LogP contribution < -0.4 is 0 Å². The number of fused-ring (bicyclic) bond motifs is 3. The Morgan fingerprint density at radius 1 is 1.33 bits per heavy atom. The summed E-state index contributed by atoms with van der Waals surface area (Å²) in [4.78, 5) is 12.4. The zero-order valence-corrected chi connectivity index (χ0v) is 11.1. The summed E-state index contributed by atoms with van der Waals surface area (Å²) in [6.45, 7) is 2.54. The smallest absolute Gasteiger partial charge is 0.138 e. The van der Waals surface area contributed by atoms with E-state index >= 15 is 0 Å². The highest BCUT2D eigenvalue weighted by Crippen LogP contribution is 2.55. The first kappa shape index (κ1) is 8.90. The molecule has 1 heteroatoms. The van der Waals surface area contributed by atoms with Gasteiger partial charge in [0.2, 0.25) is 0 Å². The predicted molar refractivity (Wildman–Crippen MR) is 73.6 cm³/mol. The van der Waals surface area contributed by atoms with E-state index in [1.54, 1.807) is 0 Å². The van der Waals surface area contributed by atoms with Gasteiger partial charge in [-0.2, -0.15) is 0 Å². The Hall–Kier alpha value is -1.11. The van der Waals surface area contributed by atoms with Crippen molar-refractivity contribution in [3.8, 4) is 0 Å². The monoisotopic (exact) mass is 245 g/mol. The van der Waals surface area contributed by atoms with Crippen LogP contribution in [-0.4, -0.2) is 5.78 Å². The van der Waals surface area contributed by atoms with Crippen LogP contribution in [0.15, 0.2) is 24.3 Å². The van der Waals surface area contributed by atoms with Gasteiger partial charge in [0.25, 0.3) is 0 Å². The summed E-state index contributed by atoms with van der Waals surface area (Å²) >= 11 is 0. The number of ketones is 1. The molecule has 0 saturated heterocycles. The van der Waals surface area contributed by atoms with Crippen molar-refractivity contribution in [1.82, 2.24) is 0 Å². The average molecular weight is 245 g/mol. The lowest BCUT2D eigenvalue weighted by atomic mass is 9.50. The molecule has 0 bridgehead atoms. The molecule has 0 aliphatic heterocycles. The van der Waals surface area contributed by atoms with Crippen molar-refractivity contribution in [2.75, 3.05) is 0 Å². The van der Waals surface area contributed by atoms with Crippen molar-refractivity contribution in [3.63, 3.8) is 0 Å². The average Bonchev–Trinajstić information content (AvgIpc) is 2.44. The Bertz CT molecular complexity index is 595. The predicted octanol–water partition coefficient (Wildman–Crippen LogP) is 3.90. The maximum atomic E-state index is 12.4. The van der Waals surface area contributed by atoms with Crippen molar-refractivity contribution in [2.24, 2.45) is 11.3 Å². The van der Waals surface area contributed by atoms with E-state index in [2.05, 4.69) is 0 Å². The van der Waals surface area contributed by atoms with Gasteiger partial charge in [0.05, 0.1) is 0 Å². The molecule has 0 unspecified atom stereocenters. The molecule has 2 aliphatic rings. The molecule has 2 atom stereocenters. The molecule has 0 N–H and O–H groups in total. The van der Waals surface area contributed by atoms with Crippen LogP contribution in [0.25, 0.3) is 0 Å². The lowest BCUT2D eigenvalue weighted by Gasteiger charge is -2.53. The summed E-state index contributed by atoms with van der Waals surface area (Å²) < 4.78 is 25.6. The van der Waals surface area contributed by atoms with E-state index in [1.165, 1.54) is 0 Å². The molecule has 1 aromatic carbocycles. The molecule has 0 aromatic heterocycles. The molecule has 1 aromatic rings. The van der Waals surface area contributed by atoms with E-state index in [0.29, 0.717) is 19.3 Å². The van der Waals surface area contributed by atoms with Crippen LogP contribution in [0.1, 0.15) is 55.2 Å². The molecule has 2 aliphatic carbocycles. The van der Waals surface area contributed by atoms with Crippen LogP contribution in [0.5, 0.6) is 0 Å². The fourth-order valence-electron chi connectivity index (χ4n) is 3.77. The minimum absolute atomic E-state index is 0.105. The minimum atomic E-state index is -1.14. The van der Waals surface area contributed by atoms with Crippen LogP contribution in [0, 0.1) is 11.3 Å². The van der Waals surface area contributed by atoms with Crippen LogP contribution in [0.2, 0.25) is 0 Å². The van der Waals surface area contributed by atoms with E-state index in [9.17, 15) is 4.79 Å². The zero-order valence-electron chi connectivity index (χ0n) is 14.1. The molecule has 0 spiro atoms. The zero-order chi connectivity index (χ0) is 15.5. The van der Waals surface area contributed by atoms with Gasteiger partial charge in [-0.15, -0.1) is 0 Å². The van der Waals surface area contributed by atoms with Gasteiger partial charge in [0.15, 0.2) is 0 Å². The Morgan fingerprint density at radius 3 is 2.89 bits per heavy atom. The van der Waals surface area contributed by atoms with Gasteiger partial charge in [0, 0.05) is 15.9 Å². The van der Waals surface area contributed by atoms with Gasteiger partial charge >= 0.3 is 0 Å².